The average Bonchev–Trinajstić information content (AvgIpc) is 2.61. The fraction of sp³-hybridized carbons (Fsp3) is 0.750. The molecule has 168 valence electrons. The van der Waals surface area contributed by atoms with Crippen LogP contribution in [-0.4, -0.2) is 27.7 Å². The van der Waals surface area contributed by atoms with Crippen LogP contribution in [0.15, 0.2) is 30.3 Å². The zero-order chi connectivity index (χ0) is 21.4. The molecule has 4 aliphatic carbocycles. The van der Waals surface area contributed by atoms with Crippen molar-refractivity contribution in [2.45, 2.75) is 71.8 Å². The van der Waals surface area contributed by atoms with Crippen molar-refractivity contribution in [1.82, 2.24) is 4.72 Å². The third kappa shape index (κ3) is 5.38. The van der Waals surface area contributed by atoms with E-state index in [1.54, 1.807) is 12.1 Å². The van der Waals surface area contributed by atoms with Crippen molar-refractivity contribution in [3.63, 3.8) is 0 Å². The summed E-state index contributed by atoms with van der Waals surface area (Å²) in [4.78, 5) is 0. The van der Waals surface area contributed by atoms with E-state index in [0.717, 1.165) is 5.92 Å². The minimum absolute atomic E-state index is 0.383. The average molecular weight is 435 g/mol. The lowest BCUT2D eigenvalue weighted by molar-refractivity contribution is -0.166. The molecule has 6 heteroatoms. The van der Waals surface area contributed by atoms with E-state index < -0.39 is 10.2 Å². The number of ether oxygens (including phenoxy) is 1. The first-order chi connectivity index (χ1) is 14.1. The molecule has 1 aromatic carbocycles. The van der Waals surface area contributed by atoms with Crippen LogP contribution in [0.1, 0.15) is 65.7 Å². The van der Waals surface area contributed by atoms with Gasteiger partial charge < -0.3 is 4.74 Å². The SMILES string of the molecule is CC(C)(C)CC12CC3CC(C1)C(OCCCNS(=O)(=O)Nc1ccccc1)C(C3)C2. The second kappa shape index (κ2) is 8.44. The van der Waals surface area contributed by atoms with Crippen molar-refractivity contribution in [1.29, 1.82) is 0 Å². The Morgan fingerprint density at radius 3 is 2.37 bits per heavy atom. The second-order valence-electron chi connectivity index (χ2n) is 11.3. The fourth-order valence-electron chi connectivity index (χ4n) is 6.96. The lowest BCUT2D eigenvalue weighted by atomic mass is 9.46. The van der Waals surface area contributed by atoms with Gasteiger partial charge in [0.25, 0.3) is 10.2 Å². The molecule has 2 atom stereocenters. The highest BCUT2D eigenvalue weighted by molar-refractivity contribution is 7.90. The third-order valence-electron chi connectivity index (χ3n) is 7.17. The van der Waals surface area contributed by atoms with Crippen LogP contribution in [0.2, 0.25) is 0 Å². The molecular formula is C24H38N2O3S. The van der Waals surface area contributed by atoms with E-state index in [9.17, 15) is 8.42 Å². The van der Waals surface area contributed by atoms with E-state index in [-0.39, 0.29) is 0 Å². The number of hydrogen-bond donors (Lipinski definition) is 2. The van der Waals surface area contributed by atoms with Crippen molar-refractivity contribution in [2.75, 3.05) is 17.9 Å². The molecule has 4 bridgehead atoms. The van der Waals surface area contributed by atoms with E-state index in [1.807, 2.05) is 18.2 Å². The summed E-state index contributed by atoms with van der Waals surface area (Å²) in [6, 6.07) is 8.95. The van der Waals surface area contributed by atoms with Crippen LogP contribution < -0.4 is 9.44 Å². The summed E-state index contributed by atoms with van der Waals surface area (Å²) in [5.74, 6) is 2.31. The Balaban J connectivity index is 1.22. The molecule has 0 amide bonds. The summed E-state index contributed by atoms with van der Waals surface area (Å²) in [6.07, 6.45) is 9.18. The molecule has 4 fully saturated rings. The van der Waals surface area contributed by atoms with Gasteiger partial charge in [-0.1, -0.05) is 39.0 Å². The first-order valence-corrected chi connectivity index (χ1v) is 13.1. The van der Waals surface area contributed by atoms with Crippen LogP contribution in [0.25, 0.3) is 0 Å². The van der Waals surface area contributed by atoms with Crippen LogP contribution in [0.4, 0.5) is 5.69 Å². The fourth-order valence-corrected chi connectivity index (χ4v) is 7.89. The van der Waals surface area contributed by atoms with Gasteiger partial charge in [0, 0.05) is 18.8 Å². The lowest BCUT2D eigenvalue weighted by Gasteiger charge is -2.61. The highest BCUT2D eigenvalue weighted by atomic mass is 32.2. The molecule has 4 aliphatic rings. The topological polar surface area (TPSA) is 67.4 Å². The predicted octanol–water partition coefficient (Wildman–Crippen LogP) is 4.97. The number of nitrogens with one attached hydrogen (secondary N) is 2. The normalized spacial score (nSPS) is 33.0. The first-order valence-electron chi connectivity index (χ1n) is 11.6. The maximum absolute atomic E-state index is 12.2. The van der Waals surface area contributed by atoms with E-state index in [4.69, 9.17) is 4.74 Å². The molecule has 2 N–H and O–H groups in total. The van der Waals surface area contributed by atoms with Gasteiger partial charge in [-0.15, -0.1) is 0 Å². The summed E-state index contributed by atoms with van der Waals surface area (Å²) >= 11 is 0. The van der Waals surface area contributed by atoms with Crippen molar-refractivity contribution in [2.24, 2.45) is 28.6 Å². The molecule has 0 aliphatic heterocycles. The Labute approximate surface area is 182 Å². The molecule has 0 aromatic heterocycles. The van der Waals surface area contributed by atoms with Crippen molar-refractivity contribution < 1.29 is 13.2 Å². The molecular weight excluding hydrogens is 396 g/mol. The van der Waals surface area contributed by atoms with Gasteiger partial charge >= 0.3 is 0 Å². The van der Waals surface area contributed by atoms with Gasteiger partial charge in [-0.3, -0.25) is 4.72 Å². The zero-order valence-corrected chi connectivity index (χ0v) is 19.5. The van der Waals surface area contributed by atoms with E-state index in [1.165, 1.54) is 38.5 Å². The predicted molar refractivity (Wildman–Crippen MR) is 121 cm³/mol. The molecule has 0 heterocycles. The van der Waals surface area contributed by atoms with E-state index in [2.05, 4.69) is 30.2 Å². The minimum atomic E-state index is -3.54. The molecule has 5 rings (SSSR count). The monoisotopic (exact) mass is 434 g/mol. The van der Waals surface area contributed by atoms with Crippen LogP contribution >= 0.6 is 0 Å². The molecule has 1 aromatic rings. The molecule has 5 nitrogen and oxygen atoms in total. The maximum Gasteiger partial charge on any atom is 0.299 e. The molecule has 0 radical (unpaired) electrons. The smallest absolute Gasteiger partial charge is 0.299 e. The lowest BCUT2D eigenvalue weighted by Crippen LogP contribution is -2.55. The molecule has 4 saturated carbocycles. The van der Waals surface area contributed by atoms with Crippen LogP contribution in [0, 0.1) is 28.6 Å². The van der Waals surface area contributed by atoms with Crippen LogP contribution in [0.5, 0.6) is 0 Å². The first kappa shape index (κ1) is 22.1. The molecule has 30 heavy (non-hydrogen) atoms. The minimum Gasteiger partial charge on any atom is -0.378 e. The largest absolute Gasteiger partial charge is 0.378 e. The number of rotatable bonds is 9. The summed E-state index contributed by atoms with van der Waals surface area (Å²) in [7, 11) is -3.54. The maximum atomic E-state index is 12.2. The molecule has 0 saturated heterocycles. The van der Waals surface area contributed by atoms with Gasteiger partial charge in [0.05, 0.1) is 6.10 Å². The van der Waals surface area contributed by atoms with Gasteiger partial charge in [0.15, 0.2) is 0 Å². The highest BCUT2D eigenvalue weighted by Crippen LogP contribution is 2.63. The van der Waals surface area contributed by atoms with Gasteiger partial charge in [0.2, 0.25) is 0 Å². The van der Waals surface area contributed by atoms with Crippen LogP contribution in [-0.2, 0) is 14.9 Å². The quantitative estimate of drug-likeness (QED) is 0.539. The number of benzene rings is 1. The van der Waals surface area contributed by atoms with Gasteiger partial charge in [-0.2, -0.15) is 13.1 Å². The summed E-state index contributed by atoms with van der Waals surface area (Å²) in [5.41, 5.74) is 1.51. The Morgan fingerprint density at radius 1 is 1.07 bits per heavy atom. The number of anilines is 1. The second-order valence-corrected chi connectivity index (χ2v) is 12.8. The Bertz CT molecular complexity index is 803. The van der Waals surface area contributed by atoms with Crippen molar-refractivity contribution >= 4 is 15.9 Å². The van der Waals surface area contributed by atoms with E-state index in [0.29, 0.717) is 54.0 Å². The van der Waals surface area contributed by atoms with Gasteiger partial charge in [-0.05, 0) is 85.7 Å². The Hall–Kier alpha value is -1.11. The Morgan fingerprint density at radius 2 is 1.73 bits per heavy atom. The molecule has 2 unspecified atom stereocenters. The summed E-state index contributed by atoms with van der Waals surface area (Å²) < 4.78 is 35.8. The van der Waals surface area contributed by atoms with Crippen molar-refractivity contribution in [3.05, 3.63) is 30.3 Å². The number of para-hydroxylation sites is 1. The van der Waals surface area contributed by atoms with Crippen molar-refractivity contribution in [3.8, 4) is 0 Å². The summed E-state index contributed by atoms with van der Waals surface area (Å²) in [5, 5.41) is 0. The van der Waals surface area contributed by atoms with Gasteiger partial charge in [-0.25, -0.2) is 0 Å². The summed E-state index contributed by atoms with van der Waals surface area (Å²) in [6.45, 7) is 8.16. The molecule has 0 spiro atoms. The zero-order valence-electron chi connectivity index (χ0n) is 18.7. The van der Waals surface area contributed by atoms with Gasteiger partial charge in [0.1, 0.15) is 0 Å². The standard InChI is InChI=1S/C24H38N2O3S/c1-23(2,3)17-24-14-18-12-19(15-24)22(20(13-18)16-24)29-11-7-10-25-30(27,28)26-21-8-5-4-6-9-21/h4-6,8-9,18-20,22,25-26H,7,10-17H2,1-3H3. The highest BCUT2D eigenvalue weighted by Gasteiger charge is 2.56. The number of hydrogen-bond acceptors (Lipinski definition) is 3. The third-order valence-corrected chi connectivity index (χ3v) is 8.26. The Kier molecular flexibility index (Phi) is 6.21. The van der Waals surface area contributed by atoms with E-state index >= 15 is 0 Å². The van der Waals surface area contributed by atoms with Crippen LogP contribution in [0.3, 0.4) is 0 Å².